The van der Waals surface area contributed by atoms with E-state index in [2.05, 4.69) is 94.2 Å². The Bertz CT molecular complexity index is 978. The number of alkyl halides is 2. The van der Waals surface area contributed by atoms with Gasteiger partial charge in [-0.05, 0) is 79.8 Å². The van der Waals surface area contributed by atoms with E-state index in [4.69, 9.17) is 9.05 Å². The highest BCUT2D eigenvalue weighted by atomic mass is 79.9. The summed E-state index contributed by atoms with van der Waals surface area (Å²) in [6, 6.07) is 16.9. The van der Waals surface area contributed by atoms with Gasteiger partial charge in [-0.25, -0.2) is 0 Å². The largest absolute Gasteiger partial charge is 0.700 e. The lowest BCUT2D eigenvalue weighted by Gasteiger charge is -2.08. The molecule has 0 bridgehead atoms. The number of rotatable bonds is 34. The topological polar surface area (TPSA) is 35.5 Å². The minimum Gasteiger partial charge on any atom is -0.0992 e. The molecule has 2 rings (SSSR count). The highest BCUT2D eigenvalue weighted by Crippen LogP contribution is 2.42. The van der Waals surface area contributed by atoms with Gasteiger partial charge < -0.3 is 0 Å². The van der Waals surface area contributed by atoms with Crippen LogP contribution in [0.1, 0.15) is 213 Å². The van der Waals surface area contributed by atoms with Crippen LogP contribution in [0.2, 0.25) is 0 Å². The fraction of sp³-hybridized carbons (Fsp3) is 0.727. The Morgan fingerprint density at radius 1 is 0.420 bits per heavy atom. The molecule has 0 aliphatic heterocycles. The fourth-order valence-corrected chi connectivity index (χ4v) is 8.69. The molecule has 0 aliphatic carbocycles. The van der Waals surface area contributed by atoms with Crippen LogP contribution in [0.5, 0.6) is 0 Å². The van der Waals surface area contributed by atoms with Gasteiger partial charge in [-0.15, -0.1) is 0 Å². The van der Waals surface area contributed by atoms with E-state index < -0.39 is 18.3 Å². The molecule has 0 aromatic heterocycles. The van der Waals surface area contributed by atoms with Gasteiger partial charge in [0, 0.05) is 4.57 Å². The van der Waals surface area contributed by atoms with Gasteiger partial charge in [-0.3, -0.25) is 0 Å². The second-order valence-corrected chi connectivity index (χ2v) is 17.1. The van der Waals surface area contributed by atoms with Crippen molar-refractivity contribution in [2.24, 2.45) is 0 Å². The quantitative estimate of drug-likeness (QED) is 0.0400. The zero-order chi connectivity index (χ0) is 35.9. The van der Waals surface area contributed by atoms with E-state index in [9.17, 15) is 4.57 Å². The highest BCUT2D eigenvalue weighted by Gasteiger charge is 2.31. The summed E-state index contributed by atoms with van der Waals surface area (Å²) in [7, 11) is -2.31. The summed E-state index contributed by atoms with van der Waals surface area (Å²) in [6.45, 7) is 4.57. The maximum absolute atomic E-state index is 12.7. The summed E-state index contributed by atoms with van der Waals surface area (Å²) >= 11 is 7.09. The van der Waals surface area contributed by atoms with Crippen molar-refractivity contribution >= 4 is 40.1 Å². The molecule has 3 nitrogen and oxygen atoms in total. The molecule has 0 amide bonds. The number of aryl methyl sites for hydroxylation is 2. The Kier molecular flexibility index (Phi) is 29.1. The Morgan fingerprint density at radius 2 is 0.660 bits per heavy atom. The molecule has 284 valence electrons. The van der Waals surface area contributed by atoms with Gasteiger partial charge in [0.2, 0.25) is 0 Å². The van der Waals surface area contributed by atoms with Crippen molar-refractivity contribution in [2.75, 3.05) is 0 Å². The van der Waals surface area contributed by atoms with Gasteiger partial charge in [0.05, 0.1) is 0 Å². The summed E-state index contributed by atoms with van der Waals surface area (Å²) in [5.74, 6) is 0. The zero-order valence-electron chi connectivity index (χ0n) is 32.0. The predicted molar refractivity (Wildman–Crippen MR) is 225 cm³/mol. The third-order valence-corrected chi connectivity index (χ3v) is 12.8. The molecule has 0 N–H and O–H groups in total. The van der Waals surface area contributed by atoms with Gasteiger partial charge in [-0.2, -0.15) is 0 Å². The summed E-state index contributed by atoms with van der Waals surface area (Å²) in [5, 5.41) is -0.974. The predicted octanol–water partition coefficient (Wildman–Crippen LogP) is 17.1. The molecule has 2 atom stereocenters. The van der Waals surface area contributed by atoms with Crippen LogP contribution in [0, 0.1) is 0 Å². The molecule has 2 unspecified atom stereocenters. The number of unbranched alkanes of at least 4 members (excludes halogenated alkanes) is 24. The smallest absolute Gasteiger partial charge is 0.0992 e. The molecule has 2 aromatic rings. The van der Waals surface area contributed by atoms with E-state index in [0.717, 1.165) is 24.0 Å². The van der Waals surface area contributed by atoms with E-state index in [0.29, 0.717) is 0 Å². The molecule has 0 aliphatic rings. The molecule has 50 heavy (non-hydrogen) atoms. The molecular weight excluding hydrogens is 767 g/mol. The van der Waals surface area contributed by atoms with Crippen LogP contribution in [0.3, 0.4) is 0 Å². The Labute approximate surface area is 326 Å². The normalized spacial score (nSPS) is 13.1. The summed E-state index contributed by atoms with van der Waals surface area (Å²) in [6.07, 6.45) is 38.1. The van der Waals surface area contributed by atoms with Crippen LogP contribution in [0.15, 0.2) is 48.5 Å². The summed E-state index contributed by atoms with van der Waals surface area (Å²) < 4.78 is 24.0. The van der Waals surface area contributed by atoms with E-state index >= 15 is 0 Å². The Morgan fingerprint density at radius 3 is 0.920 bits per heavy atom. The molecule has 0 saturated carbocycles. The molecule has 2 aromatic carbocycles. The van der Waals surface area contributed by atoms with Crippen LogP contribution < -0.4 is 0 Å². The van der Waals surface area contributed by atoms with Crippen LogP contribution in [0.4, 0.5) is 0 Å². The van der Waals surface area contributed by atoms with Crippen molar-refractivity contribution in [2.45, 2.75) is 204 Å². The first kappa shape index (κ1) is 45.6. The average molecular weight is 840 g/mol. The van der Waals surface area contributed by atoms with E-state index in [1.807, 2.05) is 0 Å². The van der Waals surface area contributed by atoms with Crippen molar-refractivity contribution in [1.29, 1.82) is 0 Å². The van der Waals surface area contributed by atoms with Crippen LogP contribution in [-0.2, 0) is 26.5 Å². The van der Waals surface area contributed by atoms with Gasteiger partial charge in [-0.1, -0.05) is 226 Å². The number of hydrogen-bond acceptors (Lipinski definition) is 3. The lowest BCUT2D eigenvalue weighted by Crippen LogP contribution is -1.96. The molecule has 0 spiro atoms. The zero-order valence-corrected chi connectivity index (χ0v) is 36.1. The van der Waals surface area contributed by atoms with Crippen LogP contribution in [-0.4, -0.2) is 0 Å². The van der Waals surface area contributed by atoms with Crippen molar-refractivity contribution in [3.63, 3.8) is 0 Å². The lowest BCUT2D eigenvalue weighted by atomic mass is 10.0. The monoisotopic (exact) mass is 837 g/mol. The van der Waals surface area contributed by atoms with E-state index in [1.54, 1.807) is 0 Å². The fourth-order valence-electron chi connectivity index (χ4n) is 6.66. The number of benzene rings is 2. The molecule has 0 fully saturated rings. The minimum atomic E-state index is -2.31. The second kappa shape index (κ2) is 31.9. The Hall–Kier alpha value is -0.580. The first-order valence-corrected chi connectivity index (χ1v) is 23.7. The summed E-state index contributed by atoms with van der Waals surface area (Å²) in [4.78, 5) is 0. The average Bonchev–Trinajstić information content (AvgIpc) is 3.12. The maximum atomic E-state index is 12.7. The minimum absolute atomic E-state index is 0.487. The van der Waals surface area contributed by atoms with E-state index in [1.165, 1.54) is 178 Å². The summed E-state index contributed by atoms with van der Waals surface area (Å²) in [5.41, 5.74) is 4.56. The first-order chi connectivity index (χ1) is 24.5. The van der Waals surface area contributed by atoms with Crippen molar-refractivity contribution in [1.82, 2.24) is 0 Å². The third-order valence-electron chi connectivity index (χ3n) is 9.98. The maximum Gasteiger partial charge on any atom is 0.700 e. The Balaban J connectivity index is 1.51. The number of hydrogen-bond donors (Lipinski definition) is 0. The molecule has 0 radical (unpaired) electrons. The first-order valence-electron chi connectivity index (χ1n) is 20.8. The van der Waals surface area contributed by atoms with Gasteiger partial charge in [0.1, 0.15) is 0 Å². The highest BCUT2D eigenvalue weighted by molar-refractivity contribution is 9.09. The van der Waals surface area contributed by atoms with Gasteiger partial charge in [0.15, 0.2) is 10.0 Å². The molecule has 0 saturated heterocycles. The van der Waals surface area contributed by atoms with Gasteiger partial charge >= 0.3 is 8.25 Å². The second-order valence-electron chi connectivity index (χ2n) is 14.5. The van der Waals surface area contributed by atoms with Gasteiger partial charge in [0.25, 0.3) is 0 Å². The van der Waals surface area contributed by atoms with Crippen molar-refractivity contribution in [3.05, 3.63) is 70.8 Å². The van der Waals surface area contributed by atoms with E-state index in [-0.39, 0.29) is 0 Å². The van der Waals surface area contributed by atoms with Crippen LogP contribution >= 0.6 is 40.1 Å². The molecule has 6 heteroatoms. The number of halogens is 2. The van der Waals surface area contributed by atoms with Crippen LogP contribution in [0.25, 0.3) is 0 Å². The molecular formula is C44H72Br2O3P+. The van der Waals surface area contributed by atoms with Crippen molar-refractivity contribution in [3.8, 4) is 0 Å². The lowest BCUT2D eigenvalue weighted by molar-refractivity contribution is 0.209. The molecule has 0 heterocycles. The third kappa shape index (κ3) is 23.9. The standard InChI is InChI=1S/C44H72Br2O3P/c1-3-5-7-9-11-13-15-17-19-21-23-25-27-29-39-31-35-41(36-32-39)43(45)48-50(47)49-44(46)42-37-33-40(34-38-42)30-28-26-24-22-20-18-16-14-12-10-8-6-4-2/h31-38,43-44H,3-30H2,1-2H3/q+1. The SMILES string of the molecule is CCCCCCCCCCCCCCCc1ccc(C(Br)O[P+](=O)OC(Br)c2ccc(CCCCCCCCCCCCCCC)cc2)cc1. The van der Waals surface area contributed by atoms with Crippen molar-refractivity contribution < 1.29 is 13.6 Å².